The number of aromatic nitrogens is 5. The van der Waals surface area contributed by atoms with Gasteiger partial charge >= 0.3 is 0 Å². The molecule has 1 fully saturated rings. The molecule has 4 atom stereocenters. The summed E-state index contributed by atoms with van der Waals surface area (Å²) >= 11 is 5.86. The lowest BCUT2D eigenvalue weighted by Gasteiger charge is -2.25. The Morgan fingerprint density at radius 3 is 2.46 bits per heavy atom. The van der Waals surface area contributed by atoms with E-state index in [1.807, 2.05) is 13.8 Å². The fourth-order valence-corrected chi connectivity index (χ4v) is 5.21. The molecule has 1 N–H and O–H groups in total. The summed E-state index contributed by atoms with van der Waals surface area (Å²) in [6, 6.07) is 0. The molecule has 3 heterocycles. The van der Waals surface area contributed by atoms with Gasteiger partial charge in [0.2, 0.25) is 16.0 Å². The van der Waals surface area contributed by atoms with Gasteiger partial charge < -0.3 is 18.9 Å². The van der Waals surface area contributed by atoms with Gasteiger partial charge in [0.15, 0.2) is 11.6 Å². The van der Waals surface area contributed by atoms with Gasteiger partial charge in [-0.2, -0.15) is 0 Å². The Hall–Kier alpha value is -1.90. The van der Waals surface area contributed by atoms with Gasteiger partial charge in [-0.3, -0.25) is 9.29 Å². The number of methoxy groups -OCH3 is 3. The van der Waals surface area contributed by atoms with Crippen LogP contribution in [-0.2, 0) is 29.0 Å². The highest BCUT2D eigenvalue weighted by Crippen LogP contribution is 2.40. The normalized spacial score (nSPS) is 20.5. The minimum absolute atomic E-state index is 0.00925. The highest BCUT2D eigenvalue weighted by atomic mass is 35.5. The van der Waals surface area contributed by atoms with Gasteiger partial charge in [-0.05, 0) is 33.6 Å². The molecule has 0 amide bonds. The van der Waals surface area contributed by atoms with Crippen LogP contribution in [0.1, 0.15) is 70.1 Å². The number of rotatable bonds is 12. The monoisotopic (exact) mass is 532 g/mol. The molecule has 12 nitrogen and oxygen atoms in total. The van der Waals surface area contributed by atoms with Crippen molar-refractivity contribution >= 4 is 27.6 Å². The van der Waals surface area contributed by atoms with Crippen molar-refractivity contribution in [1.82, 2.24) is 24.7 Å². The third-order valence-corrected chi connectivity index (χ3v) is 7.80. The highest BCUT2D eigenvalue weighted by molar-refractivity contribution is 7.93. The van der Waals surface area contributed by atoms with Gasteiger partial charge in [-0.1, -0.05) is 11.6 Å². The summed E-state index contributed by atoms with van der Waals surface area (Å²) in [4.78, 5) is 8.22. The lowest BCUT2D eigenvalue weighted by Crippen LogP contribution is -2.34. The molecule has 14 heteroatoms. The maximum absolute atomic E-state index is 13.4. The van der Waals surface area contributed by atoms with Gasteiger partial charge in [-0.15, -0.1) is 10.2 Å². The van der Waals surface area contributed by atoms with Crippen molar-refractivity contribution in [2.75, 3.05) is 32.7 Å². The van der Waals surface area contributed by atoms with Gasteiger partial charge in [0, 0.05) is 40.1 Å². The molecule has 1 aliphatic heterocycles. The second kappa shape index (κ2) is 11.4. The molecule has 2 aromatic rings. The van der Waals surface area contributed by atoms with Crippen LogP contribution in [0.5, 0.6) is 0 Å². The fraction of sp³-hybridized carbons (Fsp3) is 0.714. The number of hydrogen-bond acceptors (Lipinski definition) is 10. The largest absolute Gasteiger partial charge is 0.385 e. The summed E-state index contributed by atoms with van der Waals surface area (Å²) in [5.74, 6) is 0.677. The van der Waals surface area contributed by atoms with E-state index in [-0.39, 0.29) is 23.5 Å². The van der Waals surface area contributed by atoms with Crippen LogP contribution in [-0.4, -0.2) is 71.9 Å². The van der Waals surface area contributed by atoms with E-state index in [0.717, 1.165) is 6.42 Å². The number of halogens is 1. The first kappa shape index (κ1) is 27.7. The lowest BCUT2D eigenvalue weighted by atomic mass is 10.1. The van der Waals surface area contributed by atoms with Crippen molar-refractivity contribution in [3.63, 3.8) is 0 Å². The van der Waals surface area contributed by atoms with E-state index in [9.17, 15) is 8.42 Å². The predicted molar refractivity (Wildman–Crippen MR) is 128 cm³/mol. The van der Waals surface area contributed by atoms with Crippen LogP contribution in [0.25, 0.3) is 0 Å². The van der Waals surface area contributed by atoms with Gasteiger partial charge in [0.05, 0.1) is 17.2 Å². The third kappa shape index (κ3) is 6.46. The Morgan fingerprint density at radius 2 is 1.91 bits per heavy atom. The Labute approximate surface area is 210 Å². The zero-order valence-corrected chi connectivity index (χ0v) is 22.3. The van der Waals surface area contributed by atoms with E-state index in [0.29, 0.717) is 30.3 Å². The molecule has 1 saturated heterocycles. The summed E-state index contributed by atoms with van der Waals surface area (Å²) in [5.41, 5.74) is -0.324. The zero-order valence-electron chi connectivity index (χ0n) is 20.8. The number of anilines is 1. The Bertz CT molecular complexity index is 1080. The molecule has 35 heavy (non-hydrogen) atoms. The van der Waals surface area contributed by atoms with E-state index >= 15 is 0 Å². The van der Waals surface area contributed by atoms with Gasteiger partial charge in [0.1, 0.15) is 23.7 Å². The molecule has 196 valence electrons. The first-order valence-corrected chi connectivity index (χ1v) is 13.1. The van der Waals surface area contributed by atoms with Crippen molar-refractivity contribution in [3.8, 4) is 0 Å². The molecular weight excluding hydrogens is 500 g/mol. The Balaban J connectivity index is 1.94. The van der Waals surface area contributed by atoms with E-state index in [2.05, 4.69) is 24.9 Å². The highest BCUT2D eigenvalue weighted by Gasteiger charge is 2.39. The van der Waals surface area contributed by atoms with Crippen LogP contribution < -0.4 is 4.72 Å². The minimum atomic E-state index is -4.04. The van der Waals surface area contributed by atoms with E-state index < -0.39 is 27.6 Å². The van der Waals surface area contributed by atoms with Crippen LogP contribution in [0.4, 0.5) is 5.95 Å². The number of sulfonamides is 1. The third-order valence-electron chi connectivity index (χ3n) is 5.91. The molecule has 1 unspecified atom stereocenters. The molecule has 0 bridgehead atoms. The zero-order chi connectivity index (χ0) is 25.8. The molecule has 0 radical (unpaired) electrons. The van der Waals surface area contributed by atoms with Crippen LogP contribution >= 0.6 is 11.6 Å². The number of ether oxygens (including phenoxy) is 4. The van der Waals surface area contributed by atoms with Crippen LogP contribution in [0, 0.1) is 0 Å². The van der Waals surface area contributed by atoms with Crippen molar-refractivity contribution in [3.05, 3.63) is 29.1 Å². The molecular formula is C21H33ClN6O6S. The average Bonchev–Trinajstić information content (AvgIpc) is 3.38. The fourth-order valence-electron chi connectivity index (χ4n) is 3.97. The lowest BCUT2D eigenvalue weighted by molar-refractivity contribution is -0.0316. The smallest absolute Gasteiger partial charge is 0.240 e. The summed E-state index contributed by atoms with van der Waals surface area (Å²) in [6.07, 6.45) is 2.86. The maximum Gasteiger partial charge on any atom is 0.240 e. The molecule has 3 rings (SSSR count). The van der Waals surface area contributed by atoms with Crippen molar-refractivity contribution < 1.29 is 27.4 Å². The standard InChI is InChI=1S/C21H33ClN6O6S/c1-13(17(33-6)18-23-11-14(22)12-24-18)35(29,30)27-20-26-25-19(15-7-9-21(2,3)34-15)28(20)16(32-5)8-10-31-4/h11-13,15-17H,7-10H2,1-6H3,(H,26,27)/t13-,15-,16?,17-/m0/s1. The van der Waals surface area contributed by atoms with Crippen LogP contribution in [0.15, 0.2) is 12.4 Å². The quantitative estimate of drug-likeness (QED) is 0.433. The Morgan fingerprint density at radius 1 is 1.23 bits per heavy atom. The SMILES string of the molecule is COCCC(OC)n1c(NS(=O)(=O)[C@@H](C)[C@H](OC)c2ncc(Cl)cn2)nnc1[C@@H]1CCC(C)(C)O1. The van der Waals surface area contributed by atoms with Gasteiger partial charge in [0.25, 0.3) is 0 Å². The number of nitrogens with zero attached hydrogens (tertiary/aromatic N) is 5. The molecule has 0 aromatic carbocycles. The van der Waals surface area contributed by atoms with E-state index in [1.165, 1.54) is 33.5 Å². The second-order valence-electron chi connectivity index (χ2n) is 8.90. The molecule has 1 aliphatic rings. The van der Waals surface area contributed by atoms with Crippen molar-refractivity contribution in [1.29, 1.82) is 0 Å². The molecule has 0 aliphatic carbocycles. The number of hydrogen-bond donors (Lipinski definition) is 1. The van der Waals surface area contributed by atoms with E-state index in [1.54, 1.807) is 11.7 Å². The number of nitrogens with one attached hydrogen (secondary N) is 1. The average molecular weight is 533 g/mol. The molecule has 2 aromatic heterocycles. The molecule has 0 saturated carbocycles. The Kier molecular flexibility index (Phi) is 9.05. The summed E-state index contributed by atoms with van der Waals surface area (Å²) in [5, 5.41) is 7.69. The molecule has 0 spiro atoms. The first-order valence-electron chi connectivity index (χ1n) is 11.2. The topological polar surface area (TPSA) is 140 Å². The summed E-state index contributed by atoms with van der Waals surface area (Å²) in [7, 11) is 0.461. The summed E-state index contributed by atoms with van der Waals surface area (Å²) < 4.78 is 53.4. The van der Waals surface area contributed by atoms with Crippen LogP contribution in [0.2, 0.25) is 5.02 Å². The van der Waals surface area contributed by atoms with Crippen molar-refractivity contribution in [2.24, 2.45) is 0 Å². The van der Waals surface area contributed by atoms with Crippen LogP contribution in [0.3, 0.4) is 0 Å². The van der Waals surface area contributed by atoms with E-state index in [4.69, 9.17) is 30.5 Å². The van der Waals surface area contributed by atoms with Crippen molar-refractivity contribution in [2.45, 2.75) is 69.3 Å². The first-order chi connectivity index (χ1) is 16.5. The second-order valence-corrected chi connectivity index (χ2v) is 11.4. The van der Waals surface area contributed by atoms with Gasteiger partial charge in [-0.25, -0.2) is 18.4 Å². The predicted octanol–water partition coefficient (Wildman–Crippen LogP) is 3.05. The maximum atomic E-state index is 13.4. The minimum Gasteiger partial charge on any atom is -0.385 e. The summed E-state index contributed by atoms with van der Waals surface area (Å²) in [6.45, 7) is 5.88.